The van der Waals surface area contributed by atoms with Gasteiger partial charge < -0.3 is 15.2 Å². The summed E-state index contributed by atoms with van der Waals surface area (Å²) in [6, 6.07) is 8.74. The van der Waals surface area contributed by atoms with Crippen molar-refractivity contribution in [1.29, 1.82) is 0 Å². The fraction of sp³-hybridized carbons (Fsp3) is 0.312. The minimum atomic E-state index is 0.123. The van der Waals surface area contributed by atoms with Crippen molar-refractivity contribution < 1.29 is 9.84 Å². The Morgan fingerprint density at radius 2 is 2.05 bits per heavy atom. The lowest BCUT2D eigenvalue weighted by molar-refractivity contribution is 0.259. The number of ether oxygens (including phenoxy) is 1. The van der Waals surface area contributed by atoms with Crippen LogP contribution in [0.25, 0.3) is 11.1 Å². The van der Waals surface area contributed by atoms with Gasteiger partial charge in [-0.15, -0.1) is 0 Å². The maximum absolute atomic E-state index is 9.36. The molecular formula is C16H17ClN2O2. The van der Waals surface area contributed by atoms with E-state index in [9.17, 15) is 5.11 Å². The number of hydrogen-bond donors (Lipinski definition) is 2. The number of hydrogen-bond acceptors (Lipinski definition) is 4. The summed E-state index contributed by atoms with van der Waals surface area (Å²) in [5.41, 5.74) is 1.81. The predicted octanol–water partition coefficient (Wildman–Crippen LogP) is 3.24. The van der Waals surface area contributed by atoms with Gasteiger partial charge in [0.2, 0.25) is 0 Å². The van der Waals surface area contributed by atoms with Crippen LogP contribution in [0.4, 0.5) is 0 Å². The van der Waals surface area contributed by atoms with Crippen LogP contribution in [0.5, 0.6) is 11.5 Å². The number of likely N-dealkylation sites (N-methyl/N-ethyl adjacent to an activating group) is 1. The topological polar surface area (TPSA) is 54.4 Å². The Balaban J connectivity index is 1.81. The van der Waals surface area contributed by atoms with Gasteiger partial charge >= 0.3 is 0 Å². The van der Waals surface area contributed by atoms with E-state index in [0.29, 0.717) is 17.5 Å². The lowest BCUT2D eigenvalue weighted by Crippen LogP contribution is -2.33. The van der Waals surface area contributed by atoms with Crippen molar-refractivity contribution in [2.75, 3.05) is 13.7 Å². The number of phenolic OH excluding ortho intramolecular Hbond substituents is 1. The van der Waals surface area contributed by atoms with Gasteiger partial charge in [0, 0.05) is 5.56 Å². The lowest BCUT2D eigenvalue weighted by Gasteiger charge is -2.15. The highest BCUT2D eigenvalue weighted by Crippen LogP contribution is 2.36. The van der Waals surface area contributed by atoms with E-state index < -0.39 is 0 Å². The number of benzene rings is 1. The molecule has 0 saturated heterocycles. The third-order valence-corrected chi connectivity index (χ3v) is 4.19. The minimum Gasteiger partial charge on any atom is -0.508 e. The van der Waals surface area contributed by atoms with Crippen molar-refractivity contribution in [2.24, 2.45) is 0 Å². The van der Waals surface area contributed by atoms with Crippen molar-refractivity contribution in [1.82, 2.24) is 10.3 Å². The molecule has 1 aliphatic rings. The first kappa shape index (κ1) is 14.2. The number of aromatic nitrogens is 1. The first-order chi connectivity index (χ1) is 10.1. The molecule has 1 saturated carbocycles. The summed E-state index contributed by atoms with van der Waals surface area (Å²) < 4.78 is 5.83. The molecule has 21 heavy (non-hydrogen) atoms. The molecule has 0 amide bonds. The van der Waals surface area contributed by atoms with E-state index in [4.69, 9.17) is 16.3 Å². The molecule has 0 aliphatic heterocycles. The van der Waals surface area contributed by atoms with E-state index in [2.05, 4.69) is 10.3 Å². The Bertz CT molecular complexity index is 639. The molecule has 0 unspecified atom stereocenters. The standard InChI is InChI=1S/C16H17ClN2O2/c1-18-16(6-7-16)10-21-13-8-14(15(17)19-9-13)11-2-4-12(20)5-3-11/h2-5,8-9,18,20H,6-7,10H2,1H3. The van der Waals surface area contributed by atoms with Gasteiger partial charge in [-0.3, -0.25) is 0 Å². The molecule has 0 radical (unpaired) electrons. The van der Waals surface area contributed by atoms with Crippen LogP contribution in [0.15, 0.2) is 36.5 Å². The zero-order valence-corrected chi connectivity index (χ0v) is 12.5. The molecule has 0 bridgehead atoms. The summed E-state index contributed by atoms with van der Waals surface area (Å²) in [5.74, 6) is 0.920. The molecule has 1 aromatic carbocycles. The van der Waals surface area contributed by atoms with E-state index in [1.807, 2.05) is 13.1 Å². The number of phenols is 1. The fourth-order valence-corrected chi connectivity index (χ4v) is 2.40. The normalized spacial score (nSPS) is 15.7. The smallest absolute Gasteiger partial charge is 0.138 e. The second-order valence-corrected chi connectivity index (χ2v) is 5.73. The monoisotopic (exact) mass is 304 g/mol. The first-order valence-corrected chi connectivity index (χ1v) is 7.26. The average molecular weight is 305 g/mol. The SMILES string of the molecule is CNC1(COc2cnc(Cl)c(-c3ccc(O)cc3)c2)CC1. The van der Waals surface area contributed by atoms with Crippen LogP contribution in [0.3, 0.4) is 0 Å². The van der Waals surface area contributed by atoms with Crippen LogP contribution in [0, 0.1) is 0 Å². The van der Waals surface area contributed by atoms with Crippen molar-refractivity contribution >= 4 is 11.6 Å². The van der Waals surface area contributed by atoms with E-state index in [1.165, 1.54) is 0 Å². The molecule has 1 aromatic heterocycles. The van der Waals surface area contributed by atoms with Crippen molar-refractivity contribution in [3.05, 3.63) is 41.7 Å². The van der Waals surface area contributed by atoms with Crippen molar-refractivity contribution in [3.8, 4) is 22.6 Å². The van der Waals surface area contributed by atoms with Crippen LogP contribution in [0.2, 0.25) is 5.15 Å². The third kappa shape index (κ3) is 3.12. The average Bonchev–Trinajstić information content (AvgIpc) is 3.28. The van der Waals surface area contributed by atoms with Gasteiger partial charge in [0.1, 0.15) is 23.3 Å². The van der Waals surface area contributed by atoms with Crippen LogP contribution < -0.4 is 10.1 Å². The van der Waals surface area contributed by atoms with E-state index in [-0.39, 0.29) is 11.3 Å². The van der Waals surface area contributed by atoms with Crippen LogP contribution in [0.1, 0.15) is 12.8 Å². The Labute approximate surface area is 128 Å². The molecule has 4 nitrogen and oxygen atoms in total. The molecule has 5 heteroatoms. The molecule has 3 rings (SSSR count). The zero-order chi connectivity index (χ0) is 14.9. The summed E-state index contributed by atoms with van der Waals surface area (Å²) in [5, 5.41) is 13.1. The second-order valence-electron chi connectivity index (χ2n) is 5.38. The largest absolute Gasteiger partial charge is 0.508 e. The third-order valence-electron chi connectivity index (χ3n) is 3.89. The Morgan fingerprint density at radius 3 is 2.67 bits per heavy atom. The van der Waals surface area contributed by atoms with E-state index >= 15 is 0 Å². The van der Waals surface area contributed by atoms with Gasteiger partial charge in [-0.05, 0) is 43.7 Å². The summed E-state index contributed by atoms with van der Waals surface area (Å²) in [7, 11) is 1.96. The van der Waals surface area contributed by atoms with Gasteiger partial charge in [0.15, 0.2) is 0 Å². The number of rotatable bonds is 5. The highest BCUT2D eigenvalue weighted by Gasteiger charge is 2.41. The zero-order valence-electron chi connectivity index (χ0n) is 11.8. The number of halogens is 1. The molecule has 110 valence electrons. The van der Waals surface area contributed by atoms with Gasteiger partial charge in [-0.1, -0.05) is 23.7 Å². The maximum Gasteiger partial charge on any atom is 0.138 e. The Kier molecular flexibility index (Phi) is 3.74. The second kappa shape index (κ2) is 5.54. The van der Waals surface area contributed by atoms with Crippen LogP contribution >= 0.6 is 11.6 Å². The summed E-state index contributed by atoms with van der Waals surface area (Å²) in [4.78, 5) is 4.18. The van der Waals surface area contributed by atoms with Gasteiger partial charge in [0.05, 0.1) is 11.7 Å². The summed E-state index contributed by atoms with van der Waals surface area (Å²) >= 11 is 6.16. The number of nitrogens with one attached hydrogen (secondary N) is 1. The van der Waals surface area contributed by atoms with Crippen LogP contribution in [-0.4, -0.2) is 29.3 Å². The minimum absolute atomic E-state index is 0.123. The molecule has 0 atom stereocenters. The molecule has 1 fully saturated rings. The van der Waals surface area contributed by atoms with Gasteiger partial charge in [-0.25, -0.2) is 4.98 Å². The quantitative estimate of drug-likeness (QED) is 0.833. The number of pyridine rings is 1. The maximum atomic E-state index is 9.36. The highest BCUT2D eigenvalue weighted by molar-refractivity contribution is 6.32. The van der Waals surface area contributed by atoms with E-state index in [0.717, 1.165) is 24.0 Å². The highest BCUT2D eigenvalue weighted by atomic mass is 35.5. The van der Waals surface area contributed by atoms with E-state index in [1.54, 1.807) is 30.5 Å². The molecule has 2 aromatic rings. The molecular weight excluding hydrogens is 288 g/mol. The molecule has 1 heterocycles. The van der Waals surface area contributed by atoms with Gasteiger partial charge in [-0.2, -0.15) is 0 Å². The number of aromatic hydroxyl groups is 1. The molecule has 1 aliphatic carbocycles. The predicted molar refractivity (Wildman–Crippen MR) is 82.9 cm³/mol. The summed E-state index contributed by atoms with van der Waals surface area (Å²) in [6.45, 7) is 0.627. The summed E-state index contributed by atoms with van der Waals surface area (Å²) in [6.07, 6.45) is 3.91. The molecule has 2 N–H and O–H groups in total. The lowest BCUT2D eigenvalue weighted by atomic mass is 10.1. The van der Waals surface area contributed by atoms with Crippen LogP contribution in [-0.2, 0) is 0 Å². The first-order valence-electron chi connectivity index (χ1n) is 6.89. The van der Waals surface area contributed by atoms with Crippen molar-refractivity contribution in [2.45, 2.75) is 18.4 Å². The number of nitrogens with zero attached hydrogens (tertiary/aromatic N) is 1. The Morgan fingerprint density at radius 1 is 1.33 bits per heavy atom. The van der Waals surface area contributed by atoms with Crippen molar-refractivity contribution in [3.63, 3.8) is 0 Å². The fourth-order valence-electron chi connectivity index (χ4n) is 2.19. The van der Waals surface area contributed by atoms with Gasteiger partial charge in [0.25, 0.3) is 0 Å². The molecule has 0 spiro atoms. The Hall–Kier alpha value is -1.78.